The van der Waals surface area contributed by atoms with E-state index in [1.807, 2.05) is 51.0 Å². The van der Waals surface area contributed by atoms with Gasteiger partial charge in [-0.25, -0.2) is 4.98 Å². The predicted molar refractivity (Wildman–Crippen MR) is 127 cm³/mol. The maximum absolute atomic E-state index is 13.6. The average Bonchev–Trinajstić information content (AvgIpc) is 3.05. The molecule has 1 unspecified atom stereocenters. The highest BCUT2D eigenvalue weighted by Gasteiger charge is 2.25. The number of hydrogen-bond acceptors (Lipinski definition) is 5. The zero-order chi connectivity index (χ0) is 22.3. The minimum atomic E-state index is -0.213. The average molecular weight is 439 g/mol. The molecule has 0 radical (unpaired) electrons. The summed E-state index contributed by atoms with van der Waals surface area (Å²) in [6.07, 6.45) is 3.01. The number of anilines is 1. The third-order valence-corrected chi connectivity index (χ3v) is 7.28. The first-order valence-electron chi connectivity index (χ1n) is 10.8. The highest BCUT2D eigenvalue weighted by molar-refractivity contribution is 7.18. The first-order valence-corrected chi connectivity index (χ1v) is 11.6. The lowest BCUT2D eigenvalue weighted by atomic mass is 9.89. The highest BCUT2D eigenvalue weighted by atomic mass is 32.1. The summed E-state index contributed by atoms with van der Waals surface area (Å²) in [7, 11) is 3.88. The van der Waals surface area contributed by atoms with E-state index in [0.717, 1.165) is 46.5 Å². The Morgan fingerprint density at radius 1 is 1.32 bits per heavy atom. The Morgan fingerprint density at radius 2 is 2.10 bits per heavy atom. The Bertz CT molecular complexity index is 1210. The zero-order valence-corrected chi connectivity index (χ0v) is 19.7. The van der Waals surface area contributed by atoms with Crippen molar-refractivity contribution in [2.45, 2.75) is 53.1 Å². The van der Waals surface area contributed by atoms with E-state index in [2.05, 4.69) is 12.2 Å². The Balaban J connectivity index is 1.74. The third kappa shape index (κ3) is 4.29. The molecule has 0 fully saturated rings. The van der Waals surface area contributed by atoms with Crippen molar-refractivity contribution in [2.24, 2.45) is 5.92 Å². The lowest BCUT2D eigenvalue weighted by Crippen LogP contribution is -2.33. The van der Waals surface area contributed by atoms with E-state index in [-0.39, 0.29) is 18.0 Å². The Labute approximate surface area is 186 Å². The lowest BCUT2D eigenvalue weighted by Gasteiger charge is -2.18. The molecule has 0 aliphatic heterocycles. The van der Waals surface area contributed by atoms with Crippen LogP contribution in [0.15, 0.2) is 23.0 Å². The van der Waals surface area contributed by atoms with Gasteiger partial charge in [-0.15, -0.1) is 11.3 Å². The predicted octanol–water partition coefficient (Wildman–Crippen LogP) is 3.90. The van der Waals surface area contributed by atoms with Crippen LogP contribution in [0.4, 0.5) is 5.69 Å². The maximum Gasteiger partial charge on any atom is 0.263 e. The number of benzene rings is 1. The van der Waals surface area contributed by atoms with Crippen molar-refractivity contribution < 1.29 is 4.79 Å². The molecule has 0 saturated carbocycles. The van der Waals surface area contributed by atoms with E-state index in [9.17, 15) is 9.59 Å². The molecule has 2 heterocycles. The van der Waals surface area contributed by atoms with Crippen LogP contribution < -0.4 is 10.9 Å². The number of carbonyl (C=O) groups is 1. The summed E-state index contributed by atoms with van der Waals surface area (Å²) < 4.78 is 1.56. The number of hydrogen-bond donors (Lipinski definition) is 1. The number of rotatable bonds is 5. The zero-order valence-electron chi connectivity index (χ0n) is 18.9. The number of nitrogens with zero attached hydrogens (tertiary/aromatic N) is 3. The van der Waals surface area contributed by atoms with Gasteiger partial charge in [-0.05, 0) is 75.9 Å². The summed E-state index contributed by atoms with van der Waals surface area (Å²) in [5, 5.41) is 3.70. The van der Waals surface area contributed by atoms with Gasteiger partial charge in [0.25, 0.3) is 5.56 Å². The SMILES string of the molecule is Cc1cccc(NC(=O)Cn2c(CN(C)C)nc3sc4c(c3c2=O)CCC(C)C4)c1C. The van der Waals surface area contributed by atoms with Gasteiger partial charge in [0, 0.05) is 10.6 Å². The molecule has 1 N–H and O–H groups in total. The van der Waals surface area contributed by atoms with E-state index in [1.54, 1.807) is 15.9 Å². The fraction of sp³-hybridized carbons (Fsp3) is 0.458. The lowest BCUT2D eigenvalue weighted by molar-refractivity contribution is -0.116. The molecule has 0 spiro atoms. The minimum absolute atomic E-state index is 0.0423. The summed E-state index contributed by atoms with van der Waals surface area (Å²) in [4.78, 5) is 35.4. The second-order valence-electron chi connectivity index (χ2n) is 8.98. The van der Waals surface area contributed by atoms with Crippen LogP contribution in [0, 0.1) is 19.8 Å². The van der Waals surface area contributed by atoms with Gasteiger partial charge in [0.15, 0.2) is 0 Å². The molecule has 1 amide bonds. The van der Waals surface area contributed by atoms with E-state index >= 15 is 0 Å². The summed E-state index contributed by atoms with van der Waals surface area (Å²) in [6, 6.07) is 5.83. The molecule has 1 aromatic carbocycles. The van der Waals surface area contributed by atoms with E-state index < -0.39 is 0 Å². The van der Waals surface area contributed by atoms with Crippen molar-refractivity contribution in [1.29, 1.82) is 0 Å². The number of aromatic nitrogens is 2. The van der Waals surface area contributed by atoms with Crippen LogP contribution in [0.1, 0.15) is 40.7 Å². The van der Waals surface area contributed by atoms with Gasteiger partial charge in [0.2, 0.25) is 5.91 Å². The van der Waals surface area contributed by atoms with Crippen molar-refractivity contribution in [3.8, 4) is 0 Å². The van der Waals surface area contributed by atoms with Gasteiger partial charge >= 0.3 is 0 Å². The summed E-state index contributed by atoms with van der Waals surface area (Å²) in [5.41, 5.74) is 3.99. The molecule has 0 bridgehead atoms. The minimum Gasteiger partial charge on any atom is -0.324 e. The van der Waals surface area contributed by atoms with Crippen LogP contribution in [-0.4, -0.2) is 34.5 Å². The standard InChI is InChI=1S/C24H30N4O2S/c1-14-9-10-17-19(11-14)31-23-22(17)24(30)28(20(26-23)12-27(4)5)13-21(29)25-18-8-6-7-15(2)16(18)3/h6-8,14H,9-13H2,1-5H3,(H,25,29). The number of thiophene rings is 1. The van der Waals surface area contributed by atoms with Gasteiger partial charge < -0.3 is 10.2 Å². The molecular formula is C24H30N4O2S. The number of fused-ring (bicyclic) bond motifs is 3. The molecule has 4 rings (SSSR count). The van der Waals surface area contributed by atoms with Crippen LogP contribution >= 0.6 is 11.3 Å². The van der Waals surface area contributed by atoms with Crippen molar-refractivity contribution in [2.75, 3.05) is 19.4 Å². The second-order valence-corrected chi connectivity index (χ2v) is 10.1. The summed E-state index contributed by atoms with van der Waals surface area (Å²) in [5.74, 6) is 1.05. The molecule has 6 nitrogen and oxygen atoms in total. The molecule has 164 valence electrons. The first kappa shape index (κ1) is 21.7. The first-order chi connectivity index (χ1) is 14.7. The highest BCUT2D eigenvalue weighted by Crippen LogP contribution is 2.35. The molecule has 1 atom stereocenters. The molecule has 3 aromatic rings. The number of amides is 1. The largest absolute Gasteiger partial charge is 0.324 e. The molecule has 1 aliphatic carbocycles. The molecule has 7 heteroatoms. The maximum atomic E-state index is 13.6. The quantitative estimate of drug-likeness (QED) is 0.656. The molecule has 31 heavy (non-hydrogen) atoms. The van der Waals surface area contributed by atoms with E-state index in [1.165, 1.54) is 4.88 Å². The van der Waals surface area contributed by atoms with Crippen LogP contribution in [0.2, 0.25) is 0 Å². The van der Waals surface area contributed by atoms with Crippen LogP contribution in [0.25, 0.3) is 10.2 Å². The number of nitrogens with one attached hydrogen (secondary N) is 1. The van der Waals surface area contributed by atoms with Crippen molar-refractivity contribution in [3.05, 3.63) is 55.9 Å². The van der Waals surface area contributed by atoms with Gasteiger partial charge in [-0.3, -0.25) is 14.2 Å². The Kier molecular flexibility index (Phi) is 5.99. The number of carbonyl (C=O) groups excluding carboxylic acids is 1. The summed E-state index contributed by atoms with van der Waals surface area (Å²) >= 11 is 1.65. The van der Waals surface area contributed by atoms with Gasteiger partial charge in [-0.2, -0.15) is 0 Å². The van der Waals surface area contributed by atoms with Crippen molar-refractivity contribution >= 4 is 33.1 Å². The van der Waals surface area contributed by atoms with Gasteiger partial charge in [-0.1, -0.05) is 19.1 Å². The topological polar surface area (TPSA) is 67.2 Å². The second kappa shape index (κ2) is 8.55. The van der Waals surface area contributed by atoms with E-state index in [0.29, 0.717) is 23.7 Å². The van der Waals surface area contributed by atoms with Crippen molar-refractivity contribution in [3.63, 3.8) is 0 Å². The smallest absolute Gasteiger partial charge is 0.263 e. The normalized spacial score (nSPS) is 16.0. The Hall–Kier alpha value is -2.51. The summed E-state index contributed by atoms with van der Waals surface area (Å²) in [6.45, 7) is 6.72. The van der Waals surface area contributed by atoms with Gasteiger partial charge in [0.1, 0.15) is 17.2 Å². The van der Waals surface area contributed by atoms with Gasteiger partial charge in [0.05, 0.1) is 11.9 Å². The molecule has 0 saturated heterocycles. The molecule has 2 aromatic heterocycles. The van der Waals surface area contributed by atoms with Crippen LogP contribution in [0.3, 0.4) is 0 Å². The monoisotopic (exact) mass is 438 g/mol. The fourth-order valence-corrected chi connectivity index (χ4v) is 5.64. The third-order valence-electron chi connectivity index (χ3n) is 6.13. The molecule has 1 aliphatic rings. The van der Waals surface area contributed by atoms with Crippen molar-refractivity contribution in [1.82, 2.24) is 14.5 Å². The number of aryl methyl sites for hydroxylation is 2. The molecular weight excluding hydrogens is 408 g/mol. The van der Waals surface area contributed by atoms with E-state index in [4.69, 9.17) is 4.98 Å². The van der Waals surface area contributed by atoms with Crippen LogP contribution in [0.5, 0.6) is 0 Å². The van der Waals surface area contributed by atoms with Crippen LogP contribution in [-0.2, 0) is 30.7 Å². The fourth-order valence-electron chi connectivity index (χ4n) is 4.25. The Morgan fingerprint density at radius 3 is 2.84 bits per heavy atom.